The van der Waals surface area contributed by atoms with E-state index >= 15 is 0 Å². The van der Waals surface area contributed by atoms with E-state index in [1.54, 1.807) is 17.0 Å². The van der Waals surface area contributed by atoms with Crippen molar-refractivity contribution in [3.8, 4) is 11.5 Å². The molecule has 0 aromatic heterocycles. The van der Waals surface area contributed by atoms with Crippen LogP contribution in [0.1, 0.15) is 23.2 Å². The molecule has 9 heteroatoms. The molecule has 1 aromatic carbocycles. The summed E-state index contributed by atoms with van der Waals surface area (Å²) in [4.78, 5) is 27.1. The van der Waals surface area contributed by atoms with Gasteiger partial charge in [0.25, 0.3) is 5.91 Å². The normalized spacial score (nSPS) is 16.5. The predicted molar refractivity (Wildman–Crippen MR) is 114 cm³/mol. The zero-order valence-corrected chi connectivity index (χ0v) is 18.9. The van der Waals surface area contributed by atoms with Crippen LogP contribution in [-0.4, -0.2) is 70.1 Å². The fourth-order valence-electron chi connectivity index (χ4n) is 3.20. The number of methoxy groups -OCH3 is 2. The Morgan fingerprint density at radius 3 is 2.45 bits per heavy atom. The molecule has 29 heavy (non-hydrogen) atoms. The van der Waals surface area contributed by atoms with E-state index in [9.17, 15) is 14.7 Å². The first-order valence-corrected chi connectivity index (χ1v) is 13.5. The van der Waals surface area contributed by atoms with Gasteiger partial charge in [-0.05, 0) is 25.0 Å². The van der Waals surface area contributed by atoms with Crippen molar-refractivity contribution >= 4 is 25.8 Å². The van der Waals surface area contributed by atoms with E-state index in [0.29, 0.717) is 24.7 Å². The minimum absolute atomic E-state index is 0.0967. The molecular formula is C20H32N2O6Si. The SMILES string of the molecule is COc1cc(NC(=O)OCC[Si](C)(C)C)c(C(=O)N2CCC[C@H]2CO)cc1OC. The number of amides is 2. The molecule has 0 radical (unpaired) electrons. The number of hydrogen-bond acceptors (Lipinski definition) is 6. The van der Waals surface area contributed by atoms with Gasteiger partial charge in [-0.3, -0.25) is 10.1 Å². The van der Waals surface area contributed by atoms with Crippen molar-refractivity contribution in [3.05, 3.63) is 17.7 Å². The van der Waals surface area contributed by atoms with Crippen LogP contribution >= 0.6 is 0 Å². The van der Waals surface area contributed by atoms with Gasteiger partial charge in [-0.2, -0.15) is 0 Å². The van der Waals surface area contributed by atoms with Crippen molar-refractivity contribution in [1.82, 2.24) is 4.90 Å². The molecule has 1 atom stereocenters. The maximum atomic E-state index is 13.2. The summed E-state index contributed by atoms with van der Waals surface area (Å²) in [7, 11) is 1.64. The molecule has 2 rings (SSSR count). The highest BCUT2D eigenvalue weighted by Crippen LogP contribution is 2.35. The highest BCUT2D eigenvalue weighted by Gasteiger charge is 2.31. The third-order valence-corrected chi connectivity index (χ3v) is 6.63. The Hall–Kier alpha value is -2.26. The Bertz CT molecular complexity index is 734. The maximum absolute atomic E-state index is 13.2. The third kappa shape index (κ3) is 6.11. The van der Waals surface area contributed by atoms with E-state index in [2.05, 4.69) is 25.0 Å². The zero-order valence-electron chi connectivity index (χ0n) is 17.9. The van der Waals surface area contributed by atoms with Crippen molar-refractivity contribution in [3.63, 3.8) is 0 Å². The number of benzene rings is 1. The van der Waals surface area contributed by atoms with Crippen molar-refractivity contribution in [1.29, 1.82) is 0 Å². The zero-order chi connectivity index (χ0) is 21.6. The van der Waals surface area contributed by atoms with Crippen LogP contribution in [-0.2, 0) is 4.74 Å². The molecule has 1 heterocycles. The summed E-state index contributed by atoms with van der Waals surface area (Å²) in [5.74, 6) is 0.495. The lowest BCUT2D eigenvalue weighted by molar-refractivity contribution is 0.0678. The number of aliphatic hydroxyl groups is 1. The van der Waals surface area contributed by atoms with Gasteiger partial charge in [-0.15, -0.1) is 0 Å². The summed E-state index contributed by atoms with van der Waals surface area (Å²) >= 11 is 0. The molecule has 1 aliphatic rings. The van der Waals surface area contributed by atoms with Gasteiger partial charge in [0.1, 0.15) is 0 Å². The number of ether oxygens (including phenoxy) is 3. The van der Waals surface area contributed by atoms with Gasteiger partial charge >= 0.3 is 6.09 Å². The minimum Gasteiger partial charge on any atom is -0.493 e. The van der Waals surface area contributed by atoms with Crippen LogP contribution in [0.5, 0.6) is 11.5 Å². The van der Waals surface area contributed by atoms with Gasteiger partial charge in [0.2, 0.25) is 0 Å². The standard InChI is InChI=1S/C20H32N2O6Si/c1-26-17-11-15(19(24)22-8-6-7-14(22)13-23)16(12-18(17)27-2)21-20(25)28-9-10-29(3,4)5/h11-12,14,23H,6-10,13H2,1-5H3,(H,21,25)/t14-/m0/s1. The van der Waals surface area contributed by atoms with E-state index in [0.717, 1.165) is 18.9 Å². The molecule has 2 amide bonds. The van der Waals surface area contributed by atoms with E-state index in [4.69, 9.17) is 14.2 Å². The van der Waals surface area contributed by atoms with Crippen molar-refractivity contribution in [2.45, 2.75) is 44.6 Å². The average molecular weight is 425 g/mol. The minimum atomic E-state index is -1.33. The number of carbonyl (C=O) groups excluding carboxylic acids is 2. The molecule has 0 saturated carbocycles. The molecular weight excluding hydrogens is 392 g/mol. The molecule has 0 bridgehead atoms. The van der Waals surface area contributed by atoms with Gasteiger partial charge < -0.3 is 24.2 Å². The molecule has 0 aliphatic carbocycles. The lowest BCUT2D eigenvalue weighted by atomic mass is 10.1. The van der Waals surface area contributed by atoms with Gasteiger partial charge in [0, 0.05) is 20.7 Å². The van der Waals surface area contributed by atoms with Crippen LogP contribution in [0.4, 0.5) is 10.5 Å². The summed E-state index contributed by atoms with van der Waals surface area (Å²) in [6.45, 7) is 7.39. The summed E-state index contributed by atoms with van der Waals surface area (Å²) in [5, 5.41) is 12.2. The molecule has 162 valence electrons. The molecule has 0 spiro atoms. The topological polar surface area (TPSA) is 97.3 Å². The van der Waals surface area contributed by atoms with Gasteiger partial charge in [0.05, 0.1) is 44.7 Å². The Labute approximate surface area is 173 Å². The second-order valence-electron chi connectivity index (χ2n) is 8.30. The number of nitrogens with one attached hydrogen (secondary N) is 1. The summed E-state index contributed by atoms with van der Waals surface area (Å²) in [6, 6.07) is 3.72. The number of nitrogens with zero attached hydrogens (tertiary/aromatic N) is 1. The fourth-order valence-corrected chi connectivity index (χ4v) is 3.92. The second-order valence-corrected chi connectivity index (χ2v) is 13.9. The Morgan fingerprint density at radius 1 is 1.21 bits per heavy atom. The molecule has 1 saturated heterocycles. The van der Waals surface area contributed by atoms with E-state index in [1.807, 2.05) is 0 Å². The summed E-state index contributed by atoms with van der Waals surface area (Å²) in [5.41, 5.74) is 0.555. The highest BCUT2D eigenvalue weighted by atomic mass is 28.3. The summed E-state index contributed by atoms with van der Waals surface area (Å²) < 4.78 is 15.9. The van der Waals surface area contributed by atoms with Crippen LogP contribution in [0.25, 0.3) is 0 Å². The quantitative estimate of drug-likeness (QED) is 0.622. The predicted octanol–water partition coefficient (Wildman–Crippen LogP) is 3.19. The number of anilines is 1. The number of likely N-dealkylation sites (tertiary alicyclic amines) is 1. The number of hydrogen-bond donors (Lipinski definition) is 2. The summed E-state index contributed by atoms with van der Waals surface area (Å²) in [6.07, 6.45) is 0.952. The monoisotopic (exact) mass is 424 g/mol. The van der Waals surface area contributed by atoms with Crippen LogP contribution in [0.15, 0.2) is 12.1 Å². The van der Waals surface area contributed by atoms with Crippen LogP contribution in [0, 0.1) is 0 Å². The first-order chi connectivity index (χ1) is 13.7. The lowest BCUT2D eigenvalue weighted by Gasteiger charge is -2.25. The van der Waals surface area contributed by atoms with E-state index in [-0.39, 0.29) is 29.8 Å². The molecule has 1 fully saturated rings. The molecule has 1 aromatic rings. The maximum Gasteiger partial charge on any atom is 0.411 e. The smallest absolute Gasteiger partial charge is 0.411 e. The van der Waals surface area contributed by atoms with Crippen LogP contribution < -0.4 is 14.8 Å². The Kier molecular flexibility index (Phi) is 7.92. The number of rotatable bonds is 8. The largest absolute Gasteiger partial charge is 0.493 e. The van der Waals surface area contributed by atoms with E-state index in [1.165, 1.54) is 14.2 Å². The van der Waals surface area contributed by atoms with Crippen LogP contribution in [0.3, 0.4) is 0 Å². The molecule has 2 N–H and O–H groups in total. The Morgan fingerprint density at radius 2 is 1.86 bits per heavy atom. The van der Waals surface area contributed by atoms with Crippen molar-refractivity contribution in [2.75, 3.05) is 39.3 Å². The van der Waals surface area contributed by atoms with Crippen molar-refractivity contribution < 1.29 is 28.9 Å². The van der Waals surface area contributed by atoms with Gasteiger partial charge in [-0.1, -0.05) is 19.6 Å². The lowest BCUT2D eigenvalue weighted by Crippen LogP contribution is -2.38. The number of aliphatic hydroxyl groups excluding tert-OH is 1. The van der Waals surface area contributed by atoms with Crippen molar-refractivity contribution in [2.24, 2.45) is 0 Å². The van der Waals surface area contributed by atoms with Gasteiger partial charge in [-0.25, -0.2) is 4.79 Å². The number of carbonyl (C=O) groups is 2. The highest BCUT2D eigenvalue weighted by molar-refractivity contribution is 6.76. The third-order valence-electron chi connectivity index (χ3n) is 4.92. The first kappa shape index (κ1) is 23.0. The fraction of sp³-hybridized carbons (Fsp3) is 0.600. The molecule has 0 unspecified atom stereocenters. The first-order valence-electron chi connectivity index (χ1n) is 9.81. The van der Waals surface area contributed by atoms with Gasteiger partial charge in [0.15, 0.2) is 11.5 Å². The second kappa shape index (κ2) is 9.97. The van der Waals surface area contributed by atoms with Crippen LogP contribution in [0.2, 0.25) is 25.7 Å². The molecule has 8 nitrogen and oxygen atoms in total. The Balaban J connectivity index is 2.27. The van der Waals surface area contributed by atoms with E-state index < -0.39 is 14.2 Å². The molecule has 1 aliphatic heterocycles. The average Bonchev–Trinajstić information content (AvgIpc) is 3.14.